The van der Waals surface area contributed by atoms with Crippen LogP contribution in [0.4, 0.5) is 0 Å². The molecule has 0 aromatic rings. The third-order valence-electron chi connectivity index (χ3n) is 0.923. The molecule has 0 amide bonds. The Morgan fingerprint density at radius 3 is 2.62 bits per heavy atom. The monoisotopic (exact) mass is 132 g/mol. The van der Waals surface area contributed by atoms with Gasteiger partial charge in [0.2, 0.25) is 0 Å². The molecule has 1 aliphatic heterocycles. The number of rotatable bonds is 0. The van der Waals surface area contributed by atoms with Crippen molar-refractivity contribution in [1.29, 1.82) is 0 Å². The van der Waals surface area contributed by atoms with Gasteiger partial charge in [0, 0.05) is 5.57 Å². The zero-order valence-electron chi connectivity index (χ0n) is 4.35. The smallest absolute Gasteiger partial charge is 0.335 e. The molecule has 0 aliphatic carbocycles. The molecule has 0 bridgehead atoms. The van der Waals surface area contributed by atoms with Gasteiger partial charge in [-0.25, -0.2) is 4.79 Å². The summed E-state index contributed by atoms with van der Waals surface area (Å²) in [6, 6.07) is 0. The molecule has 0 fully saturated rings. The summed E-state index contributed by atoms with van der Waals surface area (Å²) in [4.78, 5) is 10.4. The average molecular weight is 133 g/mol. The lowest BCUT2D eigenvalue weighted by atomic mass is 10.3. The van der Waals surface area contributed by atoms with Crippen LogP contribution >= 0.6 is 11.6 Å². The maximum absolute atomic E-state index is 10.4. The van der Waals surface area contributed by atoms with E-state index in [0.717, 1.165) is 0 Å². The number of hydrogen-bond acceptors (Lipinski definition) is 2. The number of carbonyl (C=O) groups is 1. The Morgan fingerprint density at radius 1 is 1.88 bits per heavy atom. The van der Waals surface area contributed by atoms with Crippen LogP contribution in [0.3, 0.4) is 0 Å². The molecular weight excluding hydrogens is 128 g/mol. The highest BCUT2D eigenvalue weighted by molar-refractivity contribution is 6.22. The second-order valence-corrected chi connectivity index (χ2v) is 2.04. The molecule has 44 valence electrons. The fraction of sp³-hybridized carbons (Fsp3) is 0.400. The van der Waals surface area contributed by atoms with Crippen LogP contribution in [0.25, 0.3) is 0 Å². The first kappa shape index (κ1) is 5.63. The Hall–Kier alpha value is -0.500. The van der Waals surface area contributed by atoms with Crippen LogP contribution in [0, 0.1) is 0 Å². The van der Waals surface area contributed by atoms with E-state index in [4.69, 9.17) is 11.6 Å². The highest BCUT2D eigenvalue weighted by Crippen LogP contribution is 2.14. The van der Waals surface area contributed by atoms with Gasteiger partial charge in [-0.05, 0) is 13.0 Å². The fourth-order valence-electron chi connectivity index (χ4n) is 0.494. The van der Waals surface area contributed by atoms with E-state index in [9.17, 15) is 4.79 Å². The number of hydrogen-bond donors (Lipinski definition) is 0. The summed E-state index contributed by atoms with van der Waals surface area (Å²) >= 11 is 5.38. The van der Waals surface area contributed by atoms with Crippen LogP contribution in [0.1, 0.15) is 6.92 Å². The zero-order valence-corrected chi connectivity index (χ0v) is 5.11. The van der Waals surface area contributed by atoms with E-state index in [1.807, 2.05) is 0 Å². The summed E-state index contributed by atoms with van der Waals surface area (Å²) in [7, 11) is 0. The van der Waals surface area contributed by atoms with Crippen molar-refractivity contribution in [3.63, 3.8) is 0 Å². The molecule has 8 heavy (non-hydrogen) atoms. The van der Waals surface area contributed by atoms with Crippen LogP contribution in [-0.4, -0.2) is 11.5 Å². The Kier molecular flexibility index (Phi) is 1.26. The molecular formula is C5H5ClO2. The van der Waals surface area contributed by atoms with Gasteiger partial charge in [-0.15, -0.1) is 0 Å². The third-order valence-corrected chi connectivity index (χ3v) is 1.14. The van der Waals surface area contributed by atoms with Crippen LogP contribution in [0.2, 0.25) is 0 Å². The number of halogens is 1. The van der Waals surface area contributed by atoms with Crippen molar-refractivity contribution in [1.82, 2.24) is 0 Å². The van der Waals surface area contributed by atoms with Crippen molar-refractivity contribution in [3.05, 3.63) is 11.6 Å². The third kappa shape index (κ3) is 0.842. The molecule has 2 nitrogen and oxygen atoms in total. The lowest BCUT2D eigenvalue weighted by molar-refractivity contribution is -0.137. The first-order valence-corrected chi connectivity index (χ1v) is 2.67. The van der Waals surface area contributed by atoms with E-state index < -0.39 is 5.56 Å². The second-order valence-electron chi connectivity index (χ2n) is 1.61. The van der Waals surface area contributed by atoms with E-state index in [2.05, 4.69) is 4.74 Å². The maximum atomic E-state index is 10.4. The maximum Gasteiger partial charge on any atom is 0.335 e. The van der Waals surface area contributed by atoms with Crippen molar-refractivity contribution in [3.8, 4) is 0 Å². The van der Waals surface area contributed by atoms with Crippen molar-refractivity contribution >= 4 is 17.6 Å². The highest BCUT2D eigenvalue weighted by atomic mass is 35.5. The van der Waals surface area contributed by atoms with Gasteiger partial charge in [0.15, 0.2) is 5.56 Å². The SMILES string of the molecule is CC1=C[C@H](Cl)OC1=O. The number of cyclic esters (lactones) is 1. The van der Waals surface area contributed by atoms with E-state index in [1.54, 1.807) is 13.0 Å². The molecule has 1 heterocycles. The van der Waals surface area contributed by atoms with Crippen molar-refractivity contribution in [2.45, 2.75) is 12.5 Å². The average Bonchev–Trinajstić information content (AvgIpc) is 1.85. The van der Waals surface area contributed by atoms with E-state index in [1.165, 1.54) is 0 Å². The van der Waals surface area contributed by atoms with Crippen molar-refractivity contribution < 1.29 is 9.53 Å². The van der Waals surface area contributed by atoms with Crippen molar-refractivity contribution in [2.24, 2.45) is 0 Å². The Bertz CT molecular complexity index is 151. The van der Waals surface area contributed by atoms with Gasteiger partial charge >= 0.3 is 5.97 Å². The second kappa shape index (κ2) is 1.78. The Labute approximate surface area is 52.1 Å². The summed E-state index contributed by atoms with van der Waals surface area (Å²) in [5.74, 6) is -0.315. The zero-order chi connectivity index (χ0) is 6.15. The quantitative estimate of drug-likeness (QED) is 0.364. The van der Waals surface area contributed by atoms with Gasteiger partial charge in [0.1, 0.15) is 0 Å². The van der Waals surface area contributed by atoms with Crippen molar-refractivity contribution in [2.75, 3.05) is 0 Å². The standard InChI is InChI=1S/C5H5ClO2/c1-3-2-4(6)8-5(3)7/h2,4H,1H3/t4-/m1/s1. The van der Waals surface area contributed by atoms with Gasteiger partial charge in [0.25, 0.3) is 0 Å². The minimum atomic E-state index is -0.539. The summed E-state index contributed by atoms with van der Waals surface area (Å²) in [5, 5.41) is 0. The molecule has 1 aliphatic rings. The van der Waals surface area contributed by atoms with Gasteiger partial charge in [-0.3, -0.25) is 0 Å². The number of esters is 1. The minimum Gasteiger partial charge on any atom is -0.439 e. The Morgan fingerprint density at radius 2 is 2.50 bits per heavy atom. The molecule has 0 spiro atoms. The predicted octanol–water partition coefficient (Wildman–Crippen LogP) is 1.05. The predicted molar refractivity (Wildman–Crippen MR) is 29.5 cm³/mol. The molecule has 1 atom stereocenters. The van der Waals surface area contributed by atoms with Gasteiger partial charge in [-0.1, -0.05) is 11.6 Å². The molecule has 0 saturated carbocycles. The molecule has 0 radical (unpaired) electrons. The molecule has 3 heteroatoms. The molecule has 0 aromatic carbocycles. The minimum absolute atomic E-state index is 0.315. The summed E-state index contributed by atoms with van der Waals surface area (Å²) in [5.41, 5.74) is 0.0486. The lowest BCUT2D eigenvalue weighted by Gasteiger charge is -1.93. The lowest BCUT2D eigenvalue weighted by Crippen LogP contribution is -1.99. The van der Waals surface area contributed by atoms with Gasteiger partial charge in [0.05, 0.1) is 0 Å². The topological polar surface area (TPSA) is 26.3 Å². The van der Waals surface area contributed by atoms with Crippen LogP contribution in [0.5, 0.6) is 0 Å². The normalized spacial score (nSPS) is 27.5. The van der Waals surface area contributed by atoms with Gasteiger partial charge < -0.3 is 4.74 Å². The van der Waals surface area contributed by atoms with Gasteiger partial charge in [-0.2, -0.15) is 0 Å². The number of alkyl halides is 1. The van der Waals surface area contributed by atoms with E-state index in [-0.39, 0.29) is 5.97 Å². The van der Waals surface area contributed by atoms with Crippen LogP contribution < -0.4 is 0 Å². The van der Waals surface area contributed by atoms with E-state index in [0.29, 0.717) is 5.57 Å². The summed E-state index contributed by atoms with van der Waals surface area (Å²) < 4.78 is 4.51. The molecule has 1 rings (SSSR count). The molecule has 0 unspecified atom stereocenters. The number of carbonyl (C=O) groups excluding carboxylic acids is 1. The summed E-state index contributed by atoms with van der Waals surface area (Å²) in [6.07, 6.45) is 1.57. The summed E-state index contributed by atoms with van der Waals surface area (Å²) in [6.45, 7) is 1.67. The molecule has 0 aromatic heterocycles. The molecule has 0 N–H and O–H groups in total. The molecule has 0 saturated heterocycles. The Balaban J connectivity index is 2.73. The van der Waals surface area contributed by atoms with Crippen LogP contribution in [-0.2, 0) is 9.53 Å². The van der Waals surface area contributed by atoms with E-state index >= 15 is 0 Å². The first-order valence-electron chi connectivity index (χ1n) is 2.23. The largest absolute Gasteiger partial charge is 0.439 e. The van der Waals surface area contributed by atoms with Crippen LogP contribution in [0.15, 0.2) is 11.6 Å². The number of ether oxygens (including phenoxy) is 1. The fourth-order valence-corrected chi connectivity index (χ4v) is 0.764. The highest BCUT2D eigenvalue weighted by Gasteiger charge is 2.18. The first-order chi connectivity index (χ1) is 3.70.